The minimum atomic E-state index is 0.430. The van der Waals surface area contributed by atoms with Crippen molar-refractivity contribution in [2.45, 2.75) is 6.54 Å². The Morgan fingerprint density at radius 1 is 1.38 bits per heavy atom. The smallest absolute Gasteiger partial charge is 0.139 e. The normalized spacial score (nSPS) is 10.5. The molecule has 0 spiro atoms. The van der Waals surface area contributed by atoms with E-state index in [1.807, 2.05) is 29.0 Å². The summed E-state index contributed by atoms with van der Waals surface area (Å²) in [7, 11) is 2.66. The zero-order chi connectivity index (χ0) is 9.26. The Morgan fingerprint density at radius 2 is 2.23 bits per heavy atom. The second-order valence-electron chi connectivity index (χ2n) is 2.95. The minimum Gasteiger partial charge on any atom is -0.340 e. The Labute approximate surface area is 78.8 Å². The Balaban J connectivity index is 2.61. The standard InChI is InChI=1S/C10H10NOP/c12-6-5-11-4-3-8-7-9(13)1-2-10(8)11/h1-4,6-7H,5,13H2. The number of hydrogen-bond donors (Lipinski definition) is 0. The molecule has 0 radical (unpaired) electrons. The summed E-state index contributed by atoms with van der Waals surface area (Å²) < 4.78 is 1.94. The maximum atomic E-state index is 10.4. The van der Waals surface area contributed by atoms with E-state index in [2.05, 4.69) is 15.3 Å². The lowest BCUT2D eigenvalue weighted by molar-refractivity contribution is -0.108. The van der Waals surface area contributed by atoms with Crippen molar-refractivity contribution in [3.8, 4) is 0 Å². The van der Waals surface area contributed by atoms with Gasteiger partial charge >= 0.3 is 0 Å². The number of fused-ring (bicyclic) bond motifs is 1. The van der Waals surface area contributed by atoms with Gasteiger partial charge < -0.3 is 9.36 Å². The number of aldehydes is 1. The van der Waals surface area contributed by atoms with Gasteiger partial charge in [0.15, 0.2) is 0 Å². The van der Waals surface area contributed by atoms with Crippen LogP contribution in [0, 0.1) is 0 Å². The highest BCUT2D eigenvalue weighted by atomic mass is 31.0. The number of carbonyl (C=O) groups is 1. The van der Waals surface area contributed by atoms with Crippen molar-refractivity contribution in [1.29, 1.82) is 0 Å². The average molecular weight is 191 g/mol. The maximum absolute atomic E-state index is 10.4. The molecule has 3 heteroatoms. The molecule has 0 aliphatic carbocycles. The van der Waals surface area contributed by atoms with E-state index in [9.17, 15) is 4.79 Å². The highest BCUT2D eigenvalue weighted by molar-refractivity contribution is 7.27. The molecule has 0 saturated heterocycles. The Morgan fingerprint density at radius 3 is 3.00 bits per heavy atom. The van der Waals surface area contributed by atoms with Gasteiger partial charge in [-0.15, -0.1) is 9.24 Å². The largest absolute Gasteiger partial charge is 0.340 e. The first-order valence-corrected chi connectivity index (χ1v) is 4.67. The average Bonchev–Trinajstić information content (AvgIpc) is 2.49. The third kappa shape index (κ3) is 1.50. The zero-order valence-corrected chi connectivity index (χ0v) is 8.26. The van der Waals surface area contributed by atoms with E-state index in [0.29, 0.717) is 6.54 Å². The molecule has 1 unspecified atom stereocenters. The lowest BCUT2D eigenvalue weighted by atomic mass is 10.2. The molecular weight excluding hydrogens is 181 g/mol. The monoisotopic (exact) mass is 191 g/mol. The molecule has 1 aromatic carbocycles. The molecule has 0 fully saturated rings. The van der Waals surface area contributed by atoms with Gasteiger partial charge in [-0.1, -0.05) is 6.07 Å². The number of carbonyl (C=O) groups excluding carboxylic acids is 1. The van der Waals surface area contributed by atoms with Crippen molar-refractivity contribution in [3.05, 3.63) is 30.5 Å². The summed E-state index contributed by atoms with van der Waals surface area (Å²) in [5, 5.41) is 2.34. The van der Waals surface area contributed by atoms with Crippen LogP contribution in [0.15, 0.2) is 30.5 Å². The second kappa shape index (κ2) is 3.31. The third-order valence-corrected chi connectivity index (χ3v) is 2.43. The summed E-state index contributed by atoms with van der Waals surface area (Å²) in [6, 6.07) is 8.16. The lowest BCUT2D eigenvalue weighted by Gasteiger charge is -1.99. The molecule has 0 saturated carbocycles. The van der Waals surface area contributed by atoms with Gasteiger partial charge in [0.2, 0.25) is 0 Å². The number of hydrogen-bond acceptors (Lipinski definition) is 1. The molecule has 13 heavy (non-hydrogen) atoms. The summed E-state index contributed by atoms with van der Waals surface area (Å²) in [5.74, 6) is 0. The van der Waals surface area contributed by atoms with E-state index in [1.165, 1.54) is 5.39 Å². The third-order valence-electron chi connectivity index (χ3n) is 2.07. The van der Waals surface area contributed by atoms with Crippen LogP contribution < -0.4 is 5.30 Å². The van der Waals surface area contributed by atoms with Crippen LogP contribution in [0.5, 0.6) is 0 Å². The number of nitrogens with zero attached hydrogens (tertiary/aromatic N) is 1. The van der Waals surface area contributed by atoms with Gasteiger partial charge in [0.05, 0.1) is 6.54 Å². The number of aromatic nitrogens is 1. The molecule has 1 atom stereocenters. The van der Waals surface area contributed by atoms with Gasteiger partial charge in [-0.05, 0) is 23.5 Å². The predicted molar refractivity (Wildman–Crippen MR) is 57.3 cm³/mol. The minimum absolute atomic E-state index is 0.430. The van der Waals surface area contributed by atoms with Gasteiger partial charge in [-0.25, -0.2) is 0 Å². The fourth-order valence-corrected chi connectivity index (χ4v) is 1.73. The SMILES string of the molecule is O=CCn1ccc2cc(P)ccc21. The van der Waals surface area contributed by atoms with Crippen LogP contribution in [0.1, 0.15) is 0 Å². The van der Waals surface area contributed by atoms with Crippen molar-refractivity contribution >= 4 is 31.7 Å². The molecule has 0 bridgehead atoms. The van der Waals surface area contributed by atoms with Gasteiger partial charge in [0, 0.05) is 17.1 Å². The van der Waals surface area contributed by atoms with Gasteiger partial charge in [-0.3, -0.25) is 0 Å². The quantitative estimate of drug-likeness (QED) is 0.518. The highest BCUT2D eigenvalue weighted by Crippen LogP contribution is 2.14. The molecule has 2 nitrogen and oxygen atoms in total. The van der Waals surface area contributed by atoms with E-state index >= 15 is 0 Å². The van der Waals surface area contributed by atoms with Crippen molar-refractivity contribution in [2.75, 3.05) is 0 Å². The van der Waals surface area contributed by atoms with Crippen molar-refractivity contribution < 1.29 is 4.79 Å². The van der Waals surface area contributed by atoms with E-state index in [-0.39, 0.29) is 0 Å². The van der Waals surface area contributed by atoms with E-state index in [0.717, 1.165) is 17.1 Å². The number of rotatable bonds is 2. The summed E-state index contributed by atoms with van der Waals surface area (Å²) in [6.07, 6.45) is 2.84. The van der Waals surface area contributed by atoms with Crippen molar-refractivity contribution in [3.63, 3.8) is 0 Å². The molecule has 0 N–H and O–H groups in total. The van der Waals surface area contributed by atoms with Gasteiger partial charge in [-0.2, -0.15) is 0 Å². The molecule has 0 aliphatic rings. The molecule has 1 heterocycles. The van der Waals surface area contributed by atoms with Crippen LogP contribution in [0.3, 0.4) is 0 Å². The molecule has 2 rings (SSSR count). The lowest BCUT2D eigenvalue weighted by Crippen LogP contribution is -1.97. The Kier molecular flexibility index (Phi) is 2.15. The van der Waals surface area contributed by atoms with Crippen molar-refractivity contribution in [2.24, 2.45) is 0 Å². The highest BCUT2D eigenvalue weighted by Gasteiger charge is 1.99. The van der Waals surface area contributed by atoms with E-state index in [4.69, 9.17) is 0 Å². The van der Waals surface area contributed by atoms with E-state index < -0.39 is 0 Å². The first-order chi connectivity index (χ1) is 6.31. The molecule has 0 amide bonds. The predicted octanol–water partition coefficient (Wildman–Crippen LogP) is 1.34. The summed E-state index contributed by atoms with van der Waals surface area (Å²) in [4.78, 5) is 10.4. The molecule has 0 aliphatic heterocycles. The molecular formula is C10H10NOP. The first-order valence-electron chi connectivity index (χ1n) is 4.09. The topological polar surface area (TPSA) is 22.0 Å². The molecule has 66 valence electrons. The zero-order valence-electron chi connectivity index (χ0n) is 7.10. The van der Waals surface area contributed by atoms with Crippen LogP contribution in [0.25, 0.3) is 10.9 Å². The van der Waals surface area contributed by atoms with Gasteiger partial charge in [0.1, 0.15) is 6.29 Å². The molecule has 1 aromatic heterocycles. The van der Waals surface area contributed by atoms with Crippen molar-refractivity contribution in [1.82, 2.24) is 4.57 Å². The van der Waals surface area contributed by atoms with Crippen LogP contribution in [0.2, 0.25) is 0 Å². The Bertz CT molecular complexity index is 447. The van der Waals surface area contributed by atoms with Gasteiger partial charge in [0.25, 0.3) is 0 Å². The Hall–Kier alpha value is -1.14. The maximum Gasteiger partial charge on any atom is 0.139 e. The molecule has 2 aromatic rings. The van der Waals surface area contributed by atoms with E-state index in [1.54, 1.807) is 0 Å². The second-order valence-corrected chi connectivity index (χ2v) is 3.62. The summed E-state index contributed by atoms with van der Waals surface area (Å²) >= 11 is 0. The first kappa shape index (κ1) is 8.46. The fourth-order valence-electron chi connectivity index (χ4n) is 1.46. The van der Waals surface area contributed by atoms with Crippen LogP contribution in [0.4, 0.5) is 0 Å². The van der Waals surface area contributed by atoms with Crippen LogP contribution >= 0.6 is 9.24 Å². The summed E-state index contributed by atoms with van der Waals surface area (Å²) in [6.45, 7) is 0.430. The fraction of sp³-hybridized carbons (Fsp3) is 0.100. The van der Waals surface area contributed by atoms with Crippen LogP contribution in [-0.2, 0) is 11.3 Å². The number of benzene rings is 1. The van der Waals surface area contributed by atoms with Crippen LogP contribution in [-0.4, -0.2) is 10.9 Å². The summed E-state index contributed by atoms with van der Waals surface area (Å²) in [5.41, 5.74) is 1.11.